The standard InChI is InChI=1S/C28H36FN3O2/c1-18-14-23(27(33)30-24-9-11-31(4)12-10-24)15-19(2)26(18)32-17-21(13-20(3)28(32)34)16-22-7-5-6-8-25(22)29/h5-8,14-15,20-21,24H,9-13,16-17H2,1-4H3,(H,30,33)/t20-,21-/m1/s1. The lowest BCUT2D eigenvalue weighted by atomic mass is 9.84. The van der Waals surface area contributed by atoms with Gasteiger partial charge < -0.3 is 15.1 Å². The van der Waals surface area contributed by atoms with Gasteiger partial charge in [-0.2, -0.15) is 0 Å². The van der Waals surface area contributed by atoms with Gasteiger partial charge in [0.1, 0.15) is 5.82 Å². The zero-order valence-electron chi connectivity index (χ0n) is 20.7. The summed E-state index contributed by atoms with van der Waals surface area (Å²) in [5, 5.41) is 3.18. The van der Waals surface area contributed by atoms with Crippen LogP contribution in [0.4, 0.5) is 10.1 Å². The van der Waals surface area contributed by atoms with E-state index in [2.05, 4.69) is 17.3 Å². The van der Waals surface area contributed by atoms with Crippen LogP contribution in [0.1, 0.15) is 53.2 Å². The van der Waals surface area contributed by atoms with Crippen LogP contribution in [0.2, 0.25) is 0 Å². The minimum atomic E-state index is -0.189. The lowest BCUT2D eigenvalue weighted by Crippen LogP contribution is -2.46. The van der Waals surface area contributed by atoms with E-state index >= 15 is 0 Å². The topological polar surface area (TPSA) is 52.7 Å². The molecule has 2 atom stereocenters. The second-order valence-electron chi connectivity index (χ2n) is 10.3. The molecule has 2 aliphatic heterocycles. The molecule has 2 aromatic carbocycles. The number of aryl methyl sites for hydroxylation is 2. The van der Waals surface area contributed by atoms with Gasteiger partial charge in [0, 0.05) is 29.8 Å². The Morgan fingerprint density at radius 2 is 1.76 bits per heavy atom. The summed E-state index contributed by atoms with van der Waals surface area (Å²) in [5.41, 5.74) is 4.05. The maximum absolute atomic E-state index is 14.3. The lowest BCUT2D eigenvalue weighted by Gasteiger charge is -2.38. The Bertz CT molecular complexity index is 1040. The summed E-state index contributed by atoms with van der Waals surface area (Å²) < 4.78 is 14.3. The van der Waals surface area contributed by atoms with Crippen LogP contribution in [0, 0.1) is 31.5 Å². The maximum Gasteiger partial charge on any atom is 0.251 e. The van der Waals surface area contributed by atoms with Crippen LogP contribution < -0.4 is 10.2 Å². The number of anilines is 1. The fourth-order valence-electron chi connectivity index (χ4n) is 5.55. The quantitative estimate of drug-likeness (QED) is 0.708. The SMILES string of the molecule is Cc1cc(C(=O)NC2CCN(C)CC2)cc(C)c1N1C[C@@H](Cc2ccccc2F)C[C@@H](C)C1=O. The highest BCUT2D eigenvalue weighted by Gasteiger charge is 2.34. The summed E-state index contributed by atoms with van der Waals surface area (Å²) in [7, 11) is 2.10. The first-order chi connectivity index (χ1) is 16.2. The molecule has 0 aliphatic carbocycles. The van der Waals surface area contributed by atoms with Crippen molar-refractivity contribution in [1.82, 2.24) is 10.2 Å². The summed E-state index contributed by atoms with van der Waals surface area (Å²) in [5.74, 6) is -0.0962. The van der Waals surface area contributed by atoms with Gasteiger partial charge in [0.25, 0.3) is 5.91 Å². The van der Waals surface area contributed by atoms with Crippen molar-refractivity contribution in [3.05, 3.63) is 64.5 Å². The molecule has 0 spiro atoms. The summed E-state index contributed by atoms with van der Waals surface area (Å²) >= 11 is 0. The Labute approximate surface area is 202 Å². The summed E-state index contributed by atoms with van der Waals surface area (Å²) in [6.45, 7) is 8.42. The van der Waals surface area contributed by atoms with Gasteiger partial charge in [-0.25, -0.2) is 4.39 Å². The van der Waals surface area contributed by atoms with Crippen LogP contribution in [0.25, 0.3) is 0 Å². The Hall–Kier alpha value is -2.73. The van der Waals surface area contributed by atoms with Gasteiger partial charge in [0.15, 0.2) is 0 Å². The smallest absolute Gasteiger partial charge is 0.251 e. The molecule has 2 heterocycles. The predicted molar refractivity (Wildman–Crippen MR) is 134 cm³/mol. The van der Waals surface area contributed by atoms with Crippen LogP contribution in [-0.4, -0.2) is 49.4 Å². The maximum atomic E-state index is 14.3. The molecule has 0 aromatic heterocycles. The molecule has 2 saturated heterocycles. The van der Waals surface area contributed by atoms with E-state index < -0.39 is 0 Å². The Balaban J connectivity index is 1.52. The average Bonchev–Trinajstić information content (AvgIpc) is 2.79. The van der Waals surface area contributed by atoms with Crippen LogP contribution in [0.15, 0.2) is 36.4 Å². The Morgan fingerprint density at radius 3 is 2.41 bits per heavy atom. The fraction of sp³-hybridized carbons (Fsp3) is 0.500. The van der Waals surface area contributed by atoms with Crippen LogP contribution in [-0.2, 0) is 11.2 Å². The minimum Gasteiger partial charge on any atom is -0.349 e. The summed E-state index contributed by atoms with van der Waals surface area (Å²) in [6, 6.07) is 10.9. The molecule has 0 bridgehead atoms. The Kier molecular flexibility index (Phi) is 7.36. The summed E-state index contributed by atoms with van der Waals surface area (Å²) in [6.07, 6.45) is 3.28. The molecule has 5 nitrogen and oxygen atoms in total. The number of carbonyl (C=O) groups is 2. The first-order valence-corrected chi connectivity index (χ1v) is 12.4. The monoisotopic (exact) mass is 465 g/mol. The largest absolute Gasteiger partial charge is 0.349 e. The van der Waals surface area contributed by atoms with Crippen molar-refractivity contribution in [2.24, 2.45) is 11.8 Å². The molecule has 182 valence electrons. The number of nitrogens with zero attached hydrogens (tertiary/aromatic N) is 2. The van der Waals surface area contributed by atoms with Crippen LogP contribution >= 0.6 is 0 Å². The molecule has 34 heavy (non-hydrogen) atoms. The average molecular weight is 466 g/mol. The third-order valence-corrected chi connectivity index (χ3v) is 7.36. The normalized spacial score (nSPS) is 22.1. The lowest BCUT2D eigenvalue weighted by molar-refractivity contribution is -0.124. The molecule has 6 heteroatoms. The van der Waals surface area contributed by atoms with E-state index in [9.17, 15) is 14.0 Å². The highest BCUT2D eigenvalue weighted by molar-refractivity contribution is 5.99. The number of amides is 2. The van der Waals surface area contributed by atoms with Gasteiger partial charge in [-0.05, 0) is 100 Å². The number of nitrogens with one attached hydrogen (secondary N) is 1. The van der Waals surface area contributed by atoms with E-state index in [4.69, 9.17) is 0 Å². The van der Waals surface area contributed by atoms with Gasteiger partial charge >= 0.3 is 0 Å². The van der Waals surface area contributed by atoms with E-state index in [-0.39, 0.29) is 35.5 Å². The number of hydrogen-bond acceptors (Lipinski definition) is 3. The van der Waals surface area contributed by atoms with Crippen molar-refractivity contribution in [2.45, 2.75) is 52.5 Å². The minimum absolute atomic E-state index is 0.0527. The van der Waals surface area contributed by atoms with Crippen molar-refractivity contribution < 1.29 is 14.0 Å². The number of likely N-dealkylation sites (tertiary alicyclic amines) is 1. The molecular formula is C28H36FN3O2. The van der Waals surface area contributed by atoms with Crippen molar-refractivity contribution in [2.75, 3.05) is 31.6 Å². The van der Waals surface area contributed by atoms with Crippen molar-refractivity contribution in [3.63, 3.8) is 0 Å². The van der Waals surface area contributed by atoms with E-state index in [1.807, 2.05) is 49.9 Å². The zero-order chi connectivity index (χ0) is 24.4. The number of hydrogen-bond donors (Lipinski definition) is 1. The fourth-order valence-corrected chi connectivity index (χ4v) is 5.55. The first-order valence-electron chi connectivity index (χ1n) is 12.4. The molecular weight excluding hydrogens is 429 g/mol. The molecule has 0 unspecified atom stereocenters. The number of piperidine rings is 2. The third kappa shape index (κ3) is 5.33. The summed E-state index contributed by atoms with van der Waals surface area (Å²) in [4.78, 5) is 30.3. The van der Waals surface area contributed by atoms with Gasteiger partial charge in [-0.1, -0.05) is 25.1 Å². The van der Waals surface area contributed by atoms with Gasteiger partial charge in [-0.3, -0.25) is 9.59 Å². The van der Waals surface area contributed by atoms with Crippen LogP contribution in [0.3, 0.4) is 0 Å². The van der Waals surface area contributed by atoms with E-state index in [1.54, 1.807) is 6.07 Å². The predicted octanol–water partition coefficient (Wildman–Crippen LogP) is 4.50. The van der Waals surface area contributed by atoms with Crippen molar-refractivity contribution in [1.29, 1.82) is 0 Å². The van der Waals surface area contributed by atoms with E-state index in [0.29, 0.717) is 24.1 Å². The molecule has 1 N–H and O–H groups in total. The van der Waals surface area contributed by atoms with Gasteiger partial charge in [0.05, 0.1) is 0 Å². The second kappa shape index (κ2) is 10.3. The third-order valence-electron chi connectivity index (χ3n) is 7.36. The molecule has 2 aliphatic rings. The van der Waals surface area contributed by atoms with Gasteiger partial charge in [-0.15, -0.1) is 0 Å². The molecule has 2 amide bonds. The van der Waals surface area contributed by atoms with E-state index in [1.165, 1.54) is 6.07 Å². The first kappa shape index (κ1) is 24.4. The number of rotatable bonds is 5. The molecule has 0 saturated carbocycles. The van der Waals surface area contributed by atoms with Crippen molar-refractivity contribution >= 4 is 17.5 Å². The zero-order valence-corrected chi connectivity index (χ0v) is 20.7. The molecule has 2 fully saturated rings. The molecule has 0 radical (unpaired) electrons. The highest BCUT2D eigenvalue weighted by Crippen LogP contribution is 2.34. The van der Waals surface area contributed by atoms with E-state index in [0.717, 1.165) is 49.2 Å². The molecule has 4 rings (SSSR count). The van der Waals surface area contributed by atoms with Gasteiger partial charge in [0.2, 0.25) is 5.91 Å². The number of carbonyl (C=O) groups excluding carboxylic acids is 2. The molecule has 2 aromatic rings. The Morgan fingerprint density at radius 1 is 1.12 bits per heavy atom. The second-order valence-corrected chi connectivity index (χ2v) is 10.3. The highest BCUT2D eigenvalue weighted by atomic mass is 19.1. The number of halogens is 1. The van der Waals surface area contributed by atoms with Crippen LogP contribution in [0.5, 0.6) is 0 Å². The van der Waals surface area contributed by atoms with Crippen molar-refractivity contribution in [3.8, 4) is 0 Å². The number of benzene rings is 2.